The van der Waals surface area contributed by atoms with Crippen LogP contribution < -0.4 is 0 Å². The van der Waals surface area contributed by atoms with Crippen LogP contribution in [0.1, 0.15) is 71.1 Å². The fraction of sp³-hybridized carbons (Fsp3) is 0.950. The van der Waals surface area contributed by atoms with E-state index in [1.807, 2.05) is 18.7 Å². The average molecular weight is 372 g/mol. The summed E-state index contributed by atoms with van der Waals surface area (Å²) in [4.78, 5) is 15.0. The number of halogens is 1. The second-order valence-electron chi connectivity index (χ2n) is 8.21. The molecule has 1 amide bonds. The first-order chi connectivity index (χ1) is 12.1. The number of ether oxygens (including phenoxy) is 1. The van der Waals surface area contributed by atoms with Crippen molar-refractivity contribution >= 4 is 17.7 Å². The second kappa shape index (κ2) is 9.59. The van der Waals surface area contributed by atoms with Crippen molar-refractivity contribution in [2.24, 2.45) is 5.92 Å². The first-order valence-electron chi connectivity index (χ1n) is 10.3. The fourth-order valence-corrected chi connectivity index (χ4v) is 5.78. The first-order valence-corrected chi connectivity index (χ1v) is 11.3. The number of carbonyl (C=O) groups is 1. The van der Waals surface area contributed by atoms with Crippen LogP contribution in [0.2, 0.25) is 0 Å². The van der Waals surface area contributed by atoms with Crippen LogP contribution in [0.25, 0.3) is 0 Å². The van der Waals surface area contributed by atoms with Crippen molar-refractivity contribution in [2.45, 2.75) is 94.7 Å². The maximum atomic E-state index is 13.9. The number of nitrogens with zero attached hydrogens (tertiary/aromatic N) is 1. The molecule has 0 aromatic heterocycles. The molecule has 0 bridgehead atoms. The number of thioether (sulfide) groups is 1. The number of carbonyl (C=O) groups excluding carboxylic acids is 1. The molecule has 3 aliphatic rings. The molecule has 25 heavy (non-hydrogen) atoms. The zero-order chi connectivity index (χ0) is 17.6. The number of hydrogen-bond donors (Lipinski definition) is 0. The van der Waals surface area contributed by atoms with E-state index in [1.165, 1.54) is 37.9 Å². The van der Waals surface area contributed by atoms with Crippen LogP contribution in [0.15, 0.2) is 0 Å². The van der Waals surface area contributed by atoms with Crippen LogP contribution >= 0.6 is 11.8 Å². The van der Waals surface area contributed by atoms with Crippen molar-refractivity contribution in [1.82, 2.24) is 4.90 Å². The van der Waals surface area contributed by atoms with Crippen molar-refractivity contribution in [3.63, 3.8) is 0 Å². The lowest BCUT2D eigenvalue weighted by Gasteiger charge is -2.36. The summed E-state index contributed by atoms with van der Waals surface area (Å²) in [7, 11) is 0. The van der Waals surface area contributed by atoms with E-state index in [4.69, 9.17) is 4.74 Å². The van der Waals surface area contributed by atoms with Crippen molar-refractivity contribution in [3.05, 3.63) is 0 Å². The molecule has 0 N–H and O–H groups in total. The van der Waals surface area contributed by atoms with Gasteiger partial charge in [-0.15, -0.1) is 0 Å². The largest absolute Gasteiger partial charge is 0.368 e. The smallest absolute Gasteiger partial charge is 0.248 e. The molecule has 0 aromatic carbocycles. The molecule has 1 saturated heterocycles. The van der Waals surface area contributed by atoms with Gasteiger partial charge in [0.05, 0.1) is 6.10 Å². The summed E-state index contributed by atoms with van der Waals surface area (Å²) in [6.07, 6.45) is 9.89. The molecule has 0 spiro atoms. The minimum absolute atomic E-state index is 0.0794. The topological polar surface area (TPSA) is 29.5 Å². The summed E-state index contributed by atoms with van der Waals surface area (Å²) in [6, 6.07) is 0.395. The summed E-state index contributed by atoms with van der Waals surface area (Å²) in [5.41, 5.74) is 0. The Labute approximate surface area is 156 Å². The average Bonchev–Trinajstić information content (AvgIpc) is 3.14. The third kappa shape index (κ3) is 5.59. The van der Waals surface area contributed by atoms with E-state index in [0.717, 1.165) is 32.2 Å². The van der Waals surface area contributed by atoms with Gasteiger partial charge in [0, 0.05) is 24.3 Å². The van der Waals surface area contributed by atoms with E-state index in [-0.39, 0.29) is 24.5 Å². The van der Waals surface area contributed by atoms with Gasteiger partial charge in [-0.3, -0.25) is 4.79 Å². The Morgan fingerprint density at radius 2 is 1.92 bits per heavy atom. The molecule has 4 unspecified atom stereocenters. The van der Waals surface area contributed by atoms with Crippen LogP contribution in [0.3, 0.4) is 0 Å². The Morgan fingerprint density at radius 3 is 2.60 bits per heavy atom. The van der Waals surface area contributed by atoms with Crippen molar-refractivity contribution in [3.8, 4) is 0 Å². The molecule has 5 heteroatoms. The van der Waals surface area contributed by atoms with E-state index in [9.17, 15) is 9.18 Å². The molecule has 2 aliphatic carbocycles. The molecule has 1 aliphatic heterocycles. The van der Waals surface area contributed by atoms with Gasteiger partial charge in [0.25, 0.3) is 0 Å². The molecule has 2 saturated carbocycles. The van der Waals surface area contributed by atoms with Gasteiger partial charge in [0.15, 0.2) is 0 Å². The minimum atomic E-state index is -0.779. The third-order valence-corrected chi connectivity index (χ3v) is 7.63. The van der Waals surface area contributed by atoms with Crippen LogP contribution in [-0.2, 0) is 9.53 Å². The minimum Gasteiger partial charge on any atom is -0.368 e. The molecule has 4 atom stereocenters. The Bertz CT molecular complexity index is 424. The zero-order valence-corrected chi connectivity index (χ0v) is 16.4. The van der Waals surface area contributed by atoms with E-state index in [0.29, 0.717) is 17.7 Å². The van der Waals surface area contributed by atoms with Crippen LogP contribution in [0.5, 0.6) is 0 Å². The lowest BCUT2D eigenvalue weighted by molar-refractivity contribution is -0.142. The van der Waals surface area contributed by atoms with Crippen LogP contribution in [0.4, 0.5) is 4.39 Å². The van der Waals surface area contributed by atoms with E-state index in [1.54, 1.807) is 0 Å². The van der Waals surface area contributed by atoms with Crippen molar-refractivity contribution < 1.29 is 13.9 Å². The number of alkyl halides is 1. The highest BCUT2D eigenvalue weighted by Crippen LogP contribution is 2.31. The van der Waals surface area contributed by atoms with E-state index < -0.39 is 6.17 Å². The highest BCUT2D eigenvalue weighted by molar-refractivity contribution is 8.00. The standard InChI is InChI=1S/C20H34FNO2S/c1-15-9-10-17(12-19(15)21)24-14-20(23)22(13-18-8-5-11-25-18)16-6-3-2-4-7-16/h15-19H,2-14H2,1H3. The third-order valence-electron chi connectivity index (χ3n) is 6.25. The summed E-state index contributed by atoms with van der Waals surface area (Å²) < 4.78 is 19.8. The van der Waals surface area contributed by atoms with Crippen LogP contribution in [0, 0.1) is 5.92 Å². The van der Waals surface area contributed by atoms with E-state index >= 15 is 0 Å². The van der Waals surface area contributed by atoms with Gasteiger partial charge in [-0.05, 0) is 50.2 Å². The Morgan fingerprint density at radius 1 is 1.12 bits per heavy atom. The lowest BCUT2D eigenvalue weighted by atomic mass is 9.87. The van der Waals surface area contributed by atoms with E-state index in [2.05, 4.69) is 4.90 Å². The van der Waals surface area contributed by atoms with Gasteiger partial charge in [0.1, 0.15) is 12.8 Å². The summed E-state index contributed by atoms with van der Waals surface area (Å²) >= 11 is 2.01. The Hall–Kier alpha value is -0.290. The van der Waals surface area contributed by atoms with Gasteiger partial charge in [0.2, 0.25) is 5.91 Å². The highest BCUT2D eigenvalue weighted by Gasteiger charge is 2.31. The summed E-state index contributed by atoms with van der Waals surface area (Å²) in [6.45, 7) is 2.99. The number of rotatable bonds is 6. The van der Waals surface area contributed by atoms with Gasteiger partial charge < -0.3 is 9.64 Å². The fourth-order valence-electron chi connectivity index (χ4n) is 4.51. The molecule has 0 radical (unpaired) electrons. The van der Waals surface area contributed by atoms with Crippen LogP contribution in [-0.4, -0.2) is 53.3 Å². The molecule has 1 heterocycles. The van der Waals surface area contributed by atoms with Gasteiger partial charge in [-0.1, -0.05) is 26.2 Å². The molecular weight excluding hydrogens is 337 g/mol. The molecule has 3 nitrogen and oxygen atoms in total. The molecule has 3 fully saturated rings. The first kappa shape index (κ1) is 19.5. The summed E-state index contributed by atoms with van der Waals surface area (Å²) in [5.74, 6) is 1.49. The molecular formula is C20H34FNO2S. The quantitative estimate of drug-likeness (QED) is 0.684. The molecule has 144 valence electrons. The second-order valence-corrected chi connectivity index (χ2v) is 9.62. The lowest BCUT2D eigenvalue weighted by Crippen LogP contribution is -2.46. The van der Waals surface area contributed by atoms with Crippen molar-refractivity contribution in [1.29, 1.82) is 0 Å². The Kier molecular flexibility index (Phi) is 7.47. The SMILES string of the molecule is CC1CCC(OCC(=O)N(CC2CCCS2)C2CCCCC2)CC1F. The van der Waals surface area contributed by atoms with Crippen molar-refractivity contribution in [2.75, 3.05) is 18.9 Å². The monoisotopic (exact) mass is 371 g/mol. The normalized spacial score (nSPS) is 34.2. The summed E-state index contributed by atoms with van der Waals surface area (Å²) in [5, 5.41) is 0.594. The maximum absolute atomic E-state index is 13.9. The van der Waals surface area contributed by atoms with Gasteiger partial charge in [-0.2, -0.15) is 11.8 Å². The Balaban J connectivity index is 1.52. The maximum Gasteiger partial charge on any atom is 0.248 e. The predicted molar refractivity (Wildman–Crippen MR) is 102 cm³/mol. The molecule has 3 rings (SSSR count). The number of hydrogen-bond acceptors (Lipinski definition) is 3. The van der Waals surface area contributed by atoms with Gasteiger partial charge >= 0.3 is 0 Å². The molecule has 0 aromatic rings. The number of amides is 1. The van der Waals surface area contributed by atoms with Gasteiger partial charge in [-0.25, -0.2) is 4.39 Å². The predicted octanol–water partition coefficient (Wildman–Crippen LogP) is 4.59. The zero-order valence-electron chi connectivity index (χ0n) is 15.6. The highest BCUT2D eigenvalue weighted by atomic mass is 32.2.